The van der Waals surface area contributed by atoms with Crippen LogP contribution in [0.15, 0.2) is 27.7 Å². The van der Waals surface area contributed by atoms with E-state index in [1.165, 1.54) is 11.3 Å². The van der Waals surface area contributed by atoms with E-state index in [4.69, 9.17) is 4.74 Å². The maximum atomic E-state index is 12.6. The molecule has 1 unspecified atom stereocenters. The highest BCUT2D eigenvalue weighted by molar-refractivity contribution is 9.10. The number of fused-ring (bicyclic) bond motifs is 1. The summed E-state index contributed by atoms with van der Waals surface area (Å²) in [4.78, 5) is 31.2. The molecule has 1 aromatic carbocycles. The number of ether oxygens (including phenoxy) is 1. The molecular formula is C21H28BrN3O5S2. The number of carbonyl (C=O) groups excluding carboxylic acids is 2. The topological polar surface area (TPSA) is 98.0 Å². The standard InChI is InChI=1S/C21H28BrN3O5S2/c1-3-30-11-10-25-17-8-7-16(22)12-18(17)31-21(25)23-19(26)13-32(28,29)14-20(27)24-9-5-4-6-15(24)2/h7-8,12,15H,3-6,9-11,13-14H2,1-2H3. The number of rotatable bonds is 8. The third-order valence-electron chi connectivity index (χ3n) is 5.34. The molecule has 1 fully saturated rings. The number of carbonyl (C=O) groups is 2. The molecule has 0 radical (unpaired) electrons. The lowest BCUT2D eigenvalue weighted by Crippen LogP contribution is -2.45. The minimum absolute atomic E-state index is 0.0222. The summed E-state index contributed by atoms with van der Waals surface area (Å²) in [5, 5.41) is 0. The number of piperidine rings is 1. The van der Waals surface area contributed by atoms with E-state index in [1.54, 1.807) is 4.90 Å². The number of sulfone groups is 1. The molecule has 1 atom stereocenters. The third kappa shape index (κ3) is 6.49. The van der Waals surface area contributed by atoms with E-state index in [9.17, 15) is 18.0 Å². The van der Waals surface area contributed by atoms with Crippen LogP contribution in [0.3, 0.4) is 0 Å². The van der Waals surface area contributed by atoms with Crippen LogP contribution in [0.5, 0.6) is 0 Å². The second-order valence-electron chi connectivity index (χ2n) is 7.81. The number of nitrogens with zero attached hydrogens (tertiary/aromatic N) is 3. The van der Waals surface area contributed by atoms with Gasteiger partial charge in [0, 0.05) is 30.2 Å². The van der Waals surface area contributed by atoms with Crippen LogP contribution in [0.2, 0.25) is 0 Å². The maximum Gasteiger partial charge on any atom is 0.263 e. The fourth-order valence-corrected chi connectivity index (χ4v) is 6.48. The maximum absolute atomic E-state index is 12.6. The van der Waals surface area contributed by atoms with Gasteiger partial charge < -0.3 is 14.2 Å². The molecule has 0 N–H and O–H groups in total. The molecule has 0 bridgehead atoms. The van der Waals surface area contributed by atoms with Gasteiger partial charge >= 0.3 is 0 Å². The second-order valence-corrected chi connectivity index (χ2v) is 11.8. The van der Waals surface area contributed by atoms with Crippen LogP contribution in [0, 0.1) is 0 Å². The summed E-state index contributed by atoms with van der Waals surface area (Å²) < 4.78 is 34.2. The predicted molar refractivity (Wildman–Crippen MR) is 128 cm³/mol. The van der Waals surface area contributed by atoms with E-state index in [2.05, 4.69) is 20.9 Å². The Labute approximate surface area is 200 Å². The molecular weight excluding hydrogens is 518 g/mol. The van der Waals surface area contributed by atoms with Gasteiger partial charge in [-0.05, 0) is 51.3 Å². The van der Waals surface area contributed by atoms with Crippen molar-refractivity contribution in [3.05, 3.63) is 27.5 Å². The predicted octanol–water partition coefficient (Wildman–Crippen LogP) is 2.74. The zero-order valence-corrected chi connectivity index (χ0v) is 21.5. The normalized spacial score (nSPS) is 17.8. The van der Waals surface area contributed by atoms with Crippen molar-refractivity contribution in [1.82, 2.24) is 9.47 Å². The highest BCUT2D eigenvalue weighted by atomic mass is 79.9. The minimum atomic E-state index is -3.91. The van der Waals surface area contributed by atoms with Crippen LogP contribution in [0.1, 0.15) is 33.1 Å². The quantitative estimate of drug-likeness (QED) is 0.475. The van der Waals surface area contributed by atoms with Crippen molar-refractivity contribution in [2.24, 2.45) is 4.99 Å². The van der Waals surface area contributed by atoms with Gasteiger partial charge in [-0.15, -0.1) is 0 Å². The Kier molecular flexibility index (Phi) is 8.65. The number of halogens is 1. The molecule has 0 saturated carbocycles. The van der Waals surface area contributed by atoms with Crippen molar-refractivity contribution in [2.45, 2.75) is 45.7 Å². The van der Waals surface area contributed by atoms with Gasteiger partial charge in [0.1, 0.15) is 11.5 Å². The number of aromatic nitrogens is 1. The number of amides is 2. The first-order valence-electron chi connectivity index (χ1n) is 10.6. The minimum Gasteiger partial charge on any atom is -0.380 e. The van der Waals surface area contributed by atoms with Gasteiger partial charge in [0.15, 0.2) is 14.6 Å². The van der Waals surface area contributed by atoms with E-state index < -0.39 is 33.2 Å². The largest absolute Gasteiger partial charge is 0.380 e. The van der Waals surface area contributed by atoms with Crippen LogP contribution in [0.4, 0.5) is 0 Å². The van der Waals surface area contributed by atoms with Crippen LogP contribution in [-0.4, -0.2) is 67.0 Å². The summed E-state index contributed by atoms with van der Waals surface area (Å²) in [6.07, 6.45) is 2.77. The highest BCUT2D eigenvalue weighted by Crippen LogP contribution is 2.22. The Bertz CT molecular complexity index is 1160. The van der Waals surface area contributed by atoms with Crippen molar-refractivity contribution in [1.29, 1.82) is 0 Å². The Morgan fingerprint density at radius 2 is 2.06 bits per heavy atom. The van der Waals surface area contributed by atoms with Crippen molar-refractivity contribution < 1.29 is 22.7 Å². The molecule has 1 saturated heterocycles. The van der Waals surface area contributed by atoms with E-state index in [1.807, 2.05) is 36.6 Å². The summed E-state index contributed by atoms with van der Waals surface area (Å²) in [5.41, 5.74) is 0.890. The van der Waals surface area contributed by atoms with Gasteiger partial charge in [-0.25, -0.2) is 8.42 Å². The smallest absolute Gasteiger partial charge is 0.263 e. The van der Waals surface area contributed by atoms with Crippen LogP contribution >= 0.6 is 27.3 Å². The molecule has 2 aromatic rings. The van der Waals surface area contributed by atoms with Crippen LogP contribution in [0.25, 0.3) is 10.2 Å². The average Bonchev–Trinajstić information content (AvgIpc) is 3.03. The third-order valence-corrected chi connectivity index (χ3v) is 8.25. The summed E-state index contributed by atoms with van der Waals surface area (Å²) in [7, 11) is -3.91. The zero-order valence-electron chi connectivity index (χ0n) is 18.3. The van der Waals surface area contributed by atoms with Gasteiger partial charge in [-0.1, -0.05) is 27.3 Å². The van der Waals surface area contributed by atoms with E-state index in [0.29, 0.717) is 31.1 Å². The number of hydrogen-bond donors (Lipinski definition) is 0. The van der Waals surface area contributed by atoms with Crippen molar-refractivity contribution in [2.75, 3.05) is 31.3 Å². The molecule has 0 aliphatic carbocycles. The molecule has 176 valence electrons. The molecule has 1 aliphatic heterocycles. The Morgan fingerprint density at radius 3 is 2.78 bits per heavy atom. The lowest BCUT2D eigenvalue weighted by molar-refractivity contribution is -0.131. The van der Waals surface area contributed by atoms with Gasteiger partial charge in [-0.3, -0.25) is 9.59 Å². The fraction of sp³-hybridized carbons (Fsp3) is 0.571. The summed E-state index contributed by atoms with van der Waals surface area (Å²) in [6, 6.07) is 5.76. The molecule has 32 heavy (non-hydrogen) atoms. The van der Waals surface area contributed by atoms with Gasteiger partial charge in [-0.2, -0.15) is 4.99 Å². The van der Waals surface area contributed by atoms with Crippen molar-refractivity contribution in [3.63, 3.8) is 0 Å². The lowest BCUT2D eigenvalue weighted by atomic mass is 10.0. The van der Waals surface area contributed by atoms with Gasteiger partial charge in [0.2, 0.25) is 5.91 Å². The first-order valence-corrected chi connectivity index (χ1v) is 14.1. The molecule has 1 aromatic heterocycles. The summed E-state index contributed by atoms with van der Waals surface area (Å²) in [6.45, 7) is 5.89. The number of hydrogen-bond acceptors (Lipinski definition) is 6. The van der Waals surface area contributed by atoms with Crippen LogP contribution in [-0.2, 0) is 30.7 Å². The first-order chi connectivity index (χ1) is 15.2. The Morgan fingerprint density at radius 1 is 1.28 bits per heavy atom. The molecule has 0 spiro atoms. The average molecular weight is 547 g/mol. The molecule has 11 heteroatoms. The Balaban J connectivity index is 1.79. The second kappa shape index (κ2) is 11.0. The Hall–Kier alpha value is -1.56. The monoisotopic (exact) mass is 545 g/mol. The van der Waals surface area contributed by atoms with Gasteiger partial charge in [0.25, 0.3) is 5.91 Å². The van der Waals surface area contributed by atoms with E-state index in [0.717, 1.165) is 34.0 Å². The number of likely N-dealkylation sites (tertiary alicyclic amines) is 1. The summed E-state index contributed by atoms with van der Waals surface area (Å²) in [5.74, 6) is -2.67. The highest BCUT2D eigenvalue weighted by Gasteiger charge is 2.28. The van der Waals surface area contributed by atoms with Crippen LogP contribution < -0.4 is 4.80 Å². The fourth-order valence-electron chi connectivity index (χ4n) is 3.77. The summed E-state index contributed by atoms with van der Waals surface area (Å²) >= 11 is 4.75. The molecule has 8 nitrogen and oxygen atoms in total. The van der Waals surface area contributed by atoms with Crippen molar-refractivity contribution in [3.8, 4) is 0 Å². The molecule has 1 aliphatic rings. The number of thiazole rings is 1. The zero-order chi connectivity index (χ0) is 23.3. The molecule has 2 heterocycles. The van der Waals surface area contributed by atoms with E-state index in [-0.39, 0.29) is 6.04 Å². The van der Waals surface area contributed by atoms with Gasteiger partial charge in [0.05, 0.1) is 16.8 Å². The molecule has 3 rings (SSSR count). The first kappa shape index (κ1) is 25.1. The van der Waals surface area contributed by atoms with Crippen molar-refractivity contribution >= 4 is 59.1 Å². The van der Waals surface area contributed by atoms with E-state index >= 15 is 0 Å². The number of benzene rings is 1. The SMILES string of the molecule is CCOCCn1c(=NC(=O)CS(=O)(=O)CC(=O)N2CCCCC2C)sc2cc(Br)ccc21. The lowest BCUT2D eigenvalue weighted by Gasteiger charge is -2.33. The molecule has 2 amide bonds.